The molecule has 7 nitrogen and oxygen atoms in total. The van der Waals surface area contributed by atoms with Crippen molar-refractivity contribution >= 4 is 23.6 Å². The molecule has 0 spiro atoms. The number of aromatic carboxylic acids is 1. The van der Waals surface area contributed by atoms with Crippen molar-refractivity contribution < 1.29 is 24.5 Å². The van der Waals surface area contributed by atoms with Crippen molar-refractivity contribution in [2.75, 3.05) is 12.4 Å². The third-order valence-electron chi connectivity index (χ3n) is 3.27. The summed E-state index contributed by atoms with van der Waals surface area (Å²) in [6.07, 6.45) is 1.32. The van der Waals surface area contributed by atoms with Gasteiger partial charge in [-0.3, -0.25) is 4.79 Å². The van der Waals surface area contributed by atoms with E-state index >= 15 is 0 Å². The number of phenolic OH excluding ortho intramolecular Hbond substituents is 1. The van der Waals surface area contributed by atoms with Gasteiger partial charge in [-0.25, -0.2) is 4.79 Å². The highest BCUT2D eigenvalue weighted by atomic mass is 16.5. The Morgan fingerprint density at radius 3 is 2.40 bits per heavy atom. The fraction of sp³-hybridized carbons (Fsp3) is 0.0556. The van der Waals surface area contributed by atoms with Crippen molar-refractivity contribution in [1.29, 1.82) is 5.26 Å². The molecule has 3 N–H and O–H groups in total. The van der Waals surface area contributed by atoms with Crippen LogP contribution in [0.1, 0.15) is 15.9 Å². The van der Waals surface area contributed by atoms with Crippen LogP contribution in [0.4, 0.5) is 5.69 Å². The fourth-order valence-electron chi connectivity index (χ4n) is 2.01. The van der Waals surface area contributed by atoms with Gasteiger partial charge in [-0.15, -0.1) is 0 Å². The Balaban J connectivity index is 2.19. The van der Waals surface area contributed by atoms with Gasteiger partial charge in [-0.1, -0.05) is 6.07 Å². The number of carbonyl (C=O) groups excluding carboxylic acids is 1. The average molecular weight is 338 g/mol. The fourth-order valence-corrected chi connectivity index (χ4v) is 2.01. The minimum absolute atomic E-state index is 0.0859. The molecule has 0 heterocycles. The number of phenols is 1. The maximum absolute atomic E-state index is 12.2. The average Bonchev–Trinajstić information content (AvgIpc) is 2.60. The van der Waals surface area contributed by atoms with Gasteiger partial charge >= 0.3 is 5.97 Å². The summed E-state index contributed by atoms with van der Waals surface area (Å²) < 4.78 is 4.93. The van der Waals surface area contributed by atoms with Crippen LogP contribution in [0.5, 0.6) is 11.5 Å². The number of ether oxygens (including phenoxy) is 1. The Kier molecular flexibility index (Phi) is 5.38. The molecular weight excluding hydrogens is 324 g/mol. The Labute approximate surface area is 143 Å². The lowest BCUT2D eigenvalue weighted by Crippen LogP contribution is -2.13. The van der Waals surface area contributed by atoms with Gasteiger partial charge in [-0.2, -0.15) is 5.26 Å². The molecule has 7 heteroatoms. The Hall–Kier alpha value is -3.79. The van der Waals surface area contributed by atoms with Gasteiger partial charge in [0.25, 0.3) is 5.91 Å². The standard InChI is InChI=1S/C18H14N2O5/c1-25-16-7-2-11(9-15(16)21)8-13(10-19)17(22)20-14-5-3-12(4-6-14)18(23)24/h2-9,21H,1H3,(H,20,22)(H,23,24)/b13-8+. The van der Waals surface area contributed by atoms with E-state index in [1.165, 1.54) is 49.6 Å². The summed E-state index contributed by atoms with van der Waals surface area (Å²) in [6.45, 7) is 0. The van der Waals surface area contributed by atoms with E-state index in [2.05, 4.69) is 5.32 Å². The molecule has 0 saturated carbocycles. The SMILES string of the molecule is COc1ccc(/C=C(\C#N)C(=O)Nc2ccc(C(=O)O)cc2)cc1O. The normalized spacial score (nSPS) is 10.6. The molecule has 0 saturated heterocycles. The van der Waals surface area contributed by atoms with Crippen LogP contribution in [0.15, 0.2) is 48.0 Å². The number of hydrogen-bond donors (Lipinski definition) is 3. The van der Waals surface area contributed by atoms with Gasteiger partial charge in [0.05, 0.1) is 12.7 Å². The number of amides is 1. The quantitative estimate of drug-likeness (QED) is 0.569. The first-order valence-corrected chi connectivity index (χ1v) is 7.08. The molecule has 25 heavy (non-hydrogen) atoms. The second kappa shape index (κ2) is 7.66. The Morgan fingerprint density at radius 1 is 1.20 bits per heavy atom. The van der Waals surface area contributed by atoms with E-state index in [0.717, 1.165) is 0 Å². The van der Waals surface area contributed by atoms with E-state index in [9.17, 15) is 20.0 Å². The highest BCUT2D eigenvalue weighted by molar-refractivity contribution is 6.09. The largest absolute Gasteiger partial charge is 0.504 e. The van der Waals surface area contributed by atoms with Crippen LogP contribution in [0.2, 0.25) is 0 Å². The number of nitrogens with zero attached hydrogens (tertiary/aromatic N) is 1. The lowest BCUT2D eigenvalue weighted by molar-refractivity contribution is -0.112. The predicted molar refractivity (Wildman–Crippen MR) is 90.3 cm³/mol. The van der Waals surface area contributed by atoms with Crippen molar-refractivity contribution in [1.82, 2.24) is 0 Å². The van der Waals surface area contributed by atoms with Crippen molar-refractivity contribution in [3.05, 3.63) is 59.2 Å². The number of carboxylic acid groups (broad SMARTS) is 1. The number of methoxy groups -OCH3 is 1. The monoisotopic (exact) mass is 338 g/mol. The molecule has 126 valence electrons. The molecule has 0 fully saturated rings. The number of carboxylic acids is 1. The lowest BCUT2D eigenvalue weighted by Gasteiger charge is -2.06. The van der Waals surface area contributed by atoms with Crippen LogP contribution in [0, 0.1) is 11.3 Å². The first kappa shape index (κ1) is 17.6. The van der Waals surface area contributed by atoms with E-state index in [1.807, 2.05) is 0 Å². The summed E-state index contributed by atoms with van der Waals surface area (Å²) in [4.78, 5) is 23.0. The highest BCUT2D eigenvalue weighted by Gasteiger charge is 2.11. The van der Waals surface area contributed by atoms with Crippen LogP contribution >= 0.6 is 0 Å². The summed E-state index contributed by atoms with van der Waals surface area (Å²) in [5.74, 6) is -1.56. The molecule has 0 aliphatic heterocycles. The highest BCUT2D eigenvalue weighted by Crippen LogP contribution is 2.27. The third-order valence-corrected chi connectivity index (χ3v) is 3.27. The van der Waals surface area contributed by atoms with Gasteiger partial charge in [0.15, 0.2) is 11.5 Å². The maximum Gasteiger partial charge on any atom is 0.335 e. The second-order valence-electron chi connectivity index (χ2n) is 4.94. The third kappa shape index (κ3) is 4.36. The minimum atomic E-state index is -1.07. The zero-order chi connectivity index (χ0) is 18.4. The maximum atomic E-state index is 12.2. The number of hydrogen-bond acceptors (Lipinski definition) is 5. The molecule has 0 bridgehead atoms. The van der Waals surface area contributed by atoms with Crippen LogP contribution < -0.4 is 10.1 Å². The van der Waals surface area contributed by atoms with Gasteiger partial charge in [0, 0.05) is 5.69 Å². The van der Waals surface area contributed by atoms with E-state index in [0.29, 0.717) is 11.3 Å². The van der Waals surface area contributed by atoms with E-state index in [-0.39, 0.29) is 22.6 Å². The molecule has 0 aromatic heterocycles. The number of benzene rings is 2. The first-order chi connectivity index (χ1) is 11.9. The summed E-state index contributed by atoms with van der Waals surface area (Å²) in [5.41, 5.74) is 0.717. The second-order valence-corrected chi connectivity index (χ2v) is 4.94. The Bertz CT molecular complexity index is 879. The number of anilines is 1. The van der Waals surface area contributed by atoms with Crippen LogP contribution in [-0.4, -0.2) is 29.2 Å². The summed E-state index contributed by atoms with van der Waals surface area (Å²) in [5, 5.41) is 30.3. The minimum Gasteiger partial charge on any atom is -0.504 e. The smallest absolute Gasteiger partial charge is 0.335 e. The molecule has 2 aromatic carbocycles. The van der Waals surface area contributed by atoms with Gasteiger partial charge < -0.3 is 20.3 Å². The van der Waals surface area contributed by atoms with Crippen LogP contribution in [-0.2, 0) is 4.79 Å². The number of carbonyl (C=O) groups is 2. The zero-order valence-electron chi connectivity index (χ0n) is 13.2. The molecule has 0 radical (unpaired) electrons. The molecule has 0 aliphatic carbocycles. The number of nitriles is 1. The van der Waals surface area contributed by atoms with E-state index < -0.39 is 11.9 Å². The topological polar surface area (TPSA) is 120 Å². The zero-order valence-corrected chi connectivity index (χ0v) is 13.2. The summed E-state index contributed by atoms with van der Waals surface area (Å²) in [6, 6.07) is 11.8. The van der Waals surface area contributed by atoms with Crippen LogP contribution in [0.25, 0.3) is 6.08 Å². The lowest BCUT2D eigenvalue weighted by atomic mass is 10.1. The van der Waals surface area contributed by atoms with Crippen LogP contribution in [0.3, 0.4) is 0 Å². The van der Waals surface area contributed by atoms with E-state index in [1.54, 1.807) is 12.1 Å². The van der Waals surface area contributed by atoms with Gasteiger partial charge in [0.1, 0.15) is 11.6 Å². The molecule has 2 rings (SSSR count). The van der Waals surface area contributed by atoms with E-state index in [4.69, 9.17) is 9.84 Å². The molecule has 0 unspecified atom stereocenters. The molecule has 1 amide bonds. The first-order valence-electron chi connectivity index (χ1n) is 7.08. The number of aromatic hydroxyl groups is 1. The predicted octanol–water partition coefficient (Wildman–Crippen LogP) is 2.64. The van der Waals surface area contributed by atoms with Gasteiger partial charge in [-0.05, 0) is 48.0 Å². The van der Waals surface area contributed by atoms with Gasteiger partial charge in [0.2, 0.25) is 0 Å². The molecular formula is C18H14N2O5. The van der Waals surface area contributed by atoms with Crippen molar-refractivity contribution in [3.63, 3.8) is 0 Å². The summed E-state index contributed by atoms with van der Waals surface area (Å²) >= 11 is 0. The van der Waals surface area contributed by atoms with Crippen molar-refractivity contribution in [2.45, 2.75) is 0 Å². The number of rotatable bonds is 5. The van der Waals surface area contributed by atoms with Crippen molar-refractivity contribution in [2.24, 2.45) is 0 Å². The summed E-state index contributed by atoms with van der Waals surface area (Å²) in [7, 11) is 1.41. The number of nitrogens with one attached hydrogen (secondary N) is 1. The molecule has 2 aromatic rings. The van der Waals surface area contributed by atoms with Crippen molar-refractivity contribution in [3.8, 4) is 17.6 Å². The molecule has 0 atom stereocenters. The Morgan fingerprint density at radius 2 is 1.88 bits per heavy atom. The molecule has 0 aliphatic rings.